The number of hydrogen-bond acceptors (Lipinski definition) is 5. The maximum Gasteiger partial charge on any atom is 0.145 e. The lowest BCUT2D eigenvalue weighted by molar-refractivity contribution is 0.553. The summed E-state index contributed by atoms with van der Waals surface area (Å²) in [5, 5.41) is 0. The van der Waals surface area contributed by atoms with Crippen LogP contribution in [0.3, 0.4) is 0 Å². The van der Waals surface area contributed by atoms with Crippen molar-refractivity contribution < 1.29 is 0 Å². The second kappa shape index (κ2) is 10.7. The van der Waals surface area contributed by atoms with Gasteiger partial charge >= 0.3 is 0 Å². The molecule has 0 nitrogen and oxygen atoms in total. The predicted octanol–water partition coefficient (Wildman–Crippen LogP) is 7.60. The molecule has 0 aliphatic heterocycles. The molecule has 1 aromatic heterocycles. The zero-order chi connectivity index (χ0) is 15.0. The molecular weight excluding hydrogens is 341 g/mol. The first-order chi connectivity index (χ1) is 9.64. The van der Waals surface area contributed by atoms with Gasteiger partial charge in [0.05, 0.1) is 8.42 Å². The highest BCUT2D eigenvalue weighted by Crippen LogP contribution is 2.42. The summed E-state index contributed by atoms with van der Waals surface area (Å²) >= 11 is 13.1. The van der Waals surface area contributed by atoms with Crippen LogP contribution in [0.5, 0.6) is 0 Å². The molecular formula is C15H26S5. The van der Waals surface area contributed by atoms with Gasteiger partial charge in [-0.15, -0.1) is 46.2 Å². The first-order valence-electron chi connectivity index (χ1n) is 7.53. The quantitative estimate of drug-likeness (QED) is 0.309. The number of hydrogen-bond donors (Lipinski definition) is 0. The SMILES string of the molecule is CCC(CC)CSc1sc(=S)sc1SCC(CC)CC. The number of thioether (sulfide) groups is 2. The van der Waals surface area contributed by atoms with Crippen LogP contribution in [-0.4, -0.2) is 11.5 Å². The Morgan fingerprint density at radius 2 is 1.15 bits per heavy atom. The van der Waals surface area contributed by atoms with Crippen molar-refractivity contribution in [2.75, 3.05) is 11.5 Å². The minimum absolute atomic E-state index is 0.845. The molecule has 0 amide bonds. The molecule has 0 saturated carbocycles. The van der Waals surface area contributed by atoms with Gasteiger partial charge in [0.15, 0.2) is 0 Å². The van der Waals surface area contributed by atoms with Crippen molar-refractivity contribution in [3.05, 3.63) is 3.14 Å². The Balaban J connectivity index is 2.61. The highest BCUT2D eigenvalue weighted by molar-refractivity contribution is 8.05. The van der Waals surface area contributed by atoms with Crippen LogP contribution in [-0.2, 0) is 0 Å². The van der Waals surface area contributed by atoms with Crippen LogP contribution >= 0.6 is 58.4 Å². The molecule has 0 saturated heterocycles. The fourth-order valence-corrected chi connectivity index (χ4v) is 8.68. The van der Waals surface area contributed by atoms with Gasteiger partial charge in [0.25, 0.3) is 0 Å². The molecule has 0 N–H and O–H groups in total. The van der Waals surface area contributed by atoms with Gasteiger partial charge < -0.3 is 0 Å². The van der Waals surface area contributed by atoms with Crippen LogP contribution in [0.2, 0.25) is 0 Å². The monoisotopic (exact) mass is 366 g/mol. The number of rotatable bonds is 10. The molecule has 0 unspecified atom stereocenters. The lowest BCUT2D eigenvalue weighted by Gasteiger charge is -2.13. The molecule has 116 valence electrons. The first kappa shape index (κ1) is 19.0. The zero-order valence-corrected chi connectivity index (χ0v) is 17.0. The Morgan fingerprint density at radius 3 is 1.45 bits per heavy atom. The van der Waals surface area contributed by atoms with Gasteiger partial charge in [-0.1, -0.05) is 65.6 Å². The summed E-state index contributed by atoms with van der Waals surface area (Å²) in [6, 6.07) is 0. The lowest BCUT2D eigenvalue weighted by atomic mass is 10.1. The van der Waals surface area contributed by atoms with E-state index in [0.717, 1.165) is 15.0 Å². The Labute approximate surface area is 146 Å². The minimum Gasteiger partial charge on any atom is -0.113 e. The molecule has 0 fully saturated rings. The summed E-state index contributed by atoms with van der Waals surface area (Å²) in [6.07, 6.45) is 5.15. The molecule has 0 atom stereocenters. The van der Waals surface area contributed by atoms with Crippen LogP contribution in [0.4, 0.5) is 0 Å². The molecule has 0 aliphatic rings. The van der Waals surface area contributed by atoms with Crippen molar-refractivity contribution in [3.63, 3.8) is 0 Å². The van der Waals surface area contributed by atoms with Crippen LogP contribution in [0.1, 0.15) is 53.4 Å². The van der Waals surface area contributed by atoms with Gasteiger partial charge in [-0.05, 0) is 11.8 Å². The van der Waals surface area contributed by atoms with Crippen LogP contribution in [0, 0.1) is 15.0 Å². The molecule has 0 radical (unpaired) electrons. The van der Waals surface area contributed by atoms with E-state index < -0.39 is 0 Å². The van der Waals surface area contributed by atoms with Gasteiger partial charge in [0.2, 0.25) is 0 Å². The largest absolute Gasteiger partial charge is 0.145 e. The fourth-order valence-electron chi connectivity index (χ4n) is 1.87. The lowest BCUT2D eigenvalue weighted by Crippen LogP contribution is -2.00. The van der Waals surface area contributed by atoms with E-state index in [0.29, 0.717) is 0 Å². The second-order valence-corrected chi connectivity index (χ2v) is 10.8. The standard InChI is InChI=1S/C15H26S5/c1-5-11(6-2)9-17-13-14(20-15(16)19-13)18-10-12(7-3)8-4/h11-12H,5-10H2,1-4H3. The highest BCUT2D eigenvalue weighted by Gasteiger charge is 2.13. The Morgan fingerprint density at radius 1 is 0.800 bits per heavy atom. The summed E-state index contributed by atoms with van der Waals surface area (Å²) in [4.78, 5) is 0. The third-order valence-corrected chi connectivity index (χ3v) is 9.77. The van der Waals surface area contributed by atoms with E-state index >= 15 is 0 Å². The Kier molecular flexibility index (Phi) is 10.1. The fraction of sp³-hybridized carbons (Fsp3) is 0.800. The molecule has 0 spiro atoms. The zero-order valence-electron chi connectivity index (χ0n) is 12.9. The molecule has 1 rings (SSSR count). The van der Waals surface area contributed by atoms with Crippen molar-refractivity contribution in [2.24, 2.45) is 11.8 Å². The van der Waals surface area contributed by atoms with Crippen molar-refractivity contribution in [3.8, 4) is 0 Å². The van der Waals surface area contributed by atoms with E-state index in [2.05, 4.69) is 27.7 Å². The maximum atomic E-state index is 5.40. The summed E-state index contributed by atoms with van der Waals surface area (Å²) < 4.78 is 4.04. The van der Waals surface area contributed by atoms with E-state index in [9.17, 15) is 0 Å². The van der Waals surface area contributed by atoms with E-state index in [-0.39, 0.29) is 0 Å². The first-order valence-corrected chi connectivity index (χ1v) is 11.5. The normalized spacial score (nSPS) is 11.7. The van der Waals surface area contributed by atoms with Crippen LogP contribution in [0.25, 0.3) is 0 Å². The third kappa shape index (κ3) is 6.39. The van der Waals surface area contributed by atoms with E-state index in [4.69, 9.17) is 12.2 Å². The summed E-state index contributed by atoms with van der Waals surface area (Å²) in [6.45, 7) is 9.19. The smallest absolute Gasteiger partial charge is 0.113 e. The molecule has 0 aliphatic carbocycles. The van der Waals surface area contributed by atoms with Crippen molar-refractivity contribution >= 4 is 58.4 Å². The molecule has 5 heteroatoms. The van der Waals surface area contributed by atoms with Crippen molar-refractivity contribution in [1.29, 1.82) is 0 Å². The molecule has 0 aromatic carbocycles. The maximum absolute atomic E-state index is 5.40. The summed E-state index contributed by atoms with van der Waals surface area (Å²) in [7, 11) is 0. The average Bonchev–Trinajstić information content (AvgIpc) is 2.81. The van der Waals surface area contributed by atoms with Gasteiger partial charge in [-0.25, -0.2) is 0 Å². The van der Waals surface area contributed by atoms with Crippen molar-refractivity contribution in [2.45, 2.75) is 61.8 Å². The van der Waals surface area contributed by atoms with Gasteiger partial charge in [0, 0.05) is 11.5 Å². The van der Waals surface area contributed by atoms with E-state index in [1.165, 1.54) is 45.6 Å². The Bertz CT molecular complexity index is 376. The van der Waals surface area contributed by atoms with E-state index in [1.54, 1.807) is 0 Å². The summed E-state index contributed by atoms with van der Waals surface area (Å²) in [5.74, 6) is 4.18. The molecule has 20 heavy (non-hydrogen) atoms. The van der Waals surface area contributed by atoms with Crippen molar-refractivity contribution in [1.82, 2.24) is 0 Å². The molecule has 0 bridgehead atoms. The Hall–Kier alpha value is 0.970. The molecule has 1 aromatic rings. The minimum atomic E-state index is 0.845. The van der Waals surface area contributed by atoms with Gasteiger partial charge in [-0.3, -0.25) is 0 Å². The third-order valence-electron chi connectivity index (χ3n) is 3.73. The molecule has 1 heterocycles. The topological polar surface area (TPSA) is 0 Å². The summed E-state index contributed by atoms with van der Waals surface area (Å²) in [5.41, 5.74) is 0. The predicted molar refractivity (Wildman–Crippen MR) is 103 cm³/mol. The van der Waals surface area contributed by atoms with Gasteiger partial charge in [0.1, 0.15) is 3.14 Å². The van der Waals surface area contributed by atoms with Crippen LogP contribution < -0.4 is 0 Å². The van der Waals surface area contributed by atoms with Gasteiger partial charge in [-0.2, -0.15) is 0 Å². The second-order valence-electron chi connectivity index (χ2n) is 5.02. The highest BCUT2D eigenvalue weighted by atomic mass is 32.2. The van der Waals surface area contributed by atoms with Crippen LogP contribution in [0.15, 0.2) is 8.42 Å². The average molecular weight is 367 g/mol. The van der Waals surface area contributed by atoms with E-state index in [1.807, 2.05) is 46.2 Å².